The first kappa shape index (κ1) is 22.7. The number of nitrogens with two attached hydrogens (primary N) is 1. The van der Waals surface area contributed by atoms with Gasteiger partial charge in [-0.15, -0.1) is 0 Å². The third-order valence-electron chi connectivity index (χ3n) is 5.96. The molecule has 10 heteroatoms. The van der Waals surface area contributed by atoms with E-state index in [2.05, 4.69) is 5.32 Å². The van der Waals surface area contributed by atoms with Crippen LogP contribution in [0.15, 0.2) is 30.3 Å². The molecule has 1 amide bonds. The Labute approximate surface area is 187 Å². The summed E-state index contributed by atoms with van der Waals surface area (Å²) in [7, 11) is 0. The molecule has 1 saturated heterocycles. The molecule has 32 heavy (non-hydrogen) atoms. The fourth-order valence-electron chi connectivity index (χ4n) is 4.13. The van der Waals surface area contributed by atoms with E-state index in [0.717, 1.165) is 6.07 Å². The number of benzene rings is 2. The van der Waals surface area contributed by atoms with Gasteiger partial charge in [-0.1, -0.05) is 11.6 Å². The number of anilines is 2. The number of alkyl halides is 3. The second kappa shape index (κ2) is 8.44. The first-order chi connectivity index (χ1) is 15.1. The van der Waals surface area contributed by atoms with Crippen LogP contribution in [-0.2, 0) is 17.4 Å². The summed E-state index contributed by atoms with van der Waals surface area (Å²) in [6.45, 7) is 0.768. The maximum Gasteiger partial charge on any atom is 0.418 e. The standard InChI is InChI=1S/C22H22ClF4N3O2/c23-13-1-4-17(15(11-13)22(25,26)27)30-9-7-21(28,8-10-30)12-32-18-5-3-16(24)20-14(18)2-6-19(31)29-20/h1,3-5,11H,2,6-10,12,28H2,(H,29,31). The van der Waals surface area contributed by atoms with E-state index in [1.807, 2.05) is 0 Å². The quantitative estimate of drug-likeness (QED) is 0.631. The largest absolute Gasteiger partial charge is 0.491 e. The lowest BCUT2D eigenvalue weighted by Gasteiger charge is -2.40. The third-order valence-corrected chi connectivity index (χ3v) is 6.20. The van der Waals surface area contributed by atoms with Gasteiger partial charge in [0.15, 0.2) is 0 Å². The Morgan fingerprint density at radius 2 is 1.88 bits per heavy atom. The van der Waals surface area contributed by atoms with E-state index in [1.54, 1.807) is 4.90 Å². The molecule has 2 aliphatic heterocycles. The third kappa shape index (κ3) is 4.63. The molecule has 0 atom stereocenters. The van der Waals surface area contributed by atoms with E-state index >= 15 is 0 Å². The highest BCUT2D eigenvalue weighted by molar-refractivity contribution is 6.30. The molecule has 0 spiro atoms. The topological polar surface area (TPSA) is 67.6 Å². The summed E-state index contributed by atoms with van der Waals surface area (Å²) >= 11 is 5.77. The molecule has 3 N–H and O–H groups in total. The van der Waals surface area contributed by atoms with Gasteiger partial charge < -0.3 is 20.7 Å². The predicted molar refractivity (Wildman–Crippen MR) is 114 cm³/mol. The first-order valence-corrected chi connectivity index (χ1v) is 10.6. The van der Waals surface area contributed by atoms with Crippen LogP contribution in [0.25, 0.3) is 0 Å². The number of fused-ring (bicyclic) bond motifs is 1. The van der Waals surface area contributed by atoms with Gasteiger partial charge in [-0.05, 0) is 49.6 Å². The van der Waals surface area contributed by atoms with Crippen LogP contribution in [0, 0.1) is 5.82 Å². The van der Waals surface area contributed by atoms with Crippen LogP contribution < -0.4 is 20.7 Å². The monoisotopic (exact) mass is 471 g/mol. The summed E-state index contributed by atoms with van der Waals surface area (Å²) in [4.78, 5) is 13.2. The van der Waals surface area contributed by atoms with E-state index in [0.29, 0.717) is 43.7 Å². The summed E-state index contributed by atoms with van der Waals surface area (Å²) in [6.07, 6.45) is -3.10. The van der Waals surface area contributed by atoms with Crippen molar-refractivity contribution in [3.8, 4) is 5.75 Å². The van der Waals surface area contributed by atoms with Crippen LogP contribution in [0.3, 0.4) is 0 Å². The summed E-state index contributed by atoms with van der Waals surface area (Å²) < 4.78 is 60.3. The molecule has 4 rings (SSSR count). The van der Waals surface area contributed by atoms with Crippen molar-refractivity contribution in [2.24, 2.45) is 5.73 Å². The van der Waals surface area contributed by atoms with Gasteiger partial charge in [0.1, 0.15) is 18.2 Å². The molecular formula is C22H22ClF4N3O2. The number of nitrogens with zero attached hydrogens (tertiary/aromatic N) is 1. The van der Waals surface area contributed by atoms with Crippen molar-refractivity contribution in [3.05, 3.63) is 52.3 Å². The molecule has 172 valence electrons. The highest BCUT2D eigenvalue weighted by Gasteiger charge is 2.38. The molecule has 5 nitrogen and oxygen atoms in total. The predicted octanol–water partition coefficient (Wildman–Crippen LogP) is 4.76. The minimum Gasteiger partial charge on any atom is -0.491 e. The highest BCUT2D eigenvalue weighted by atomic mass is 35.5. The number of hydrogen-bond acceptors (Lipinski definition) is 4. The highest BCUT2D eigenvalue weighted by Crippen LogP contribution is 2.40. The lowest BCUT2D eigenvalue weighted by molar-refractivity contribution is -0.137. The van der Waals surface area contributed by atoms with Gasteiger partial charge in [0.05, 0.1) is 16.8 Å². The first-order valence-electron chi connectivity index (χ1n) is 10.2. The van der Waals surface area contributed by atoms with Crippen LogP contribution >= 0.6 is 11.6 Å². The zero-order chi connectivity index (χ0) is 23.1. The van der Waals surface area contributed by atoms with E-state index in [9.17, 15) is 22.4 Å². The van der Waals surface area contributed by atoms with Gasteiger partial charge in [0.2, 0.25) is 5.91 Å². The van der Waals surface area contributed by atoms with E-state index < -0.39 is 23.1 Å². The molecular weight excluding hydrogens is 450 g/mol. The Morgan fingerprint density at radius 3 is 2.56 bits per heavy atom. The normalized spacial score (nSPS) is 18.2. The van der Waals surface area contributed by atoms with Crippen LogP contribution in [0.5, 0.6) is 5.75 Å². The second-order valence-electron chi connectivity index (χ2n) is 8.24. The molecule has 0 radical (unpaired) electrons. The van der Waals surface area contributed by atoms with Crippen molar-refractivity contribution in [1.82, 2.24) is 0 Å². The molecule has 1 fully saturated rings. The fraction of sp³-hybridized carbons (Fsp3) is 0.409. The molecule has 0 bridgehead atoms. The number of halogens is 5. The van der Waals surface area contributed by atoms with Crippen molar-refractivity contribution in [2.75, 3.05) is 29.9 Å². The average Bonchev–Trinajstić information content (AvgIpc) is 2.74. The van der Waals surface area contributed by atoms with E-state index in [-0.39, 0.29) is 35.3 Å². The van der Waals surface area contributed by atoms with Gasteiger partial charge in [0.25, 0.3) is 0 Å². The number of hydrogen-bond donors (Lipinski definition) is 2. The second-order valence-corrected chi connectivity index (χ2v) is 8.68. The number of rotatable bonds is 4. The van der Waals surface area contributed by atoms with Gasteiger partial charge in [-0.3, -0.25) is 4.79 Å². The van der Waals surface area contributed by atoms with E-state index in [1.165, 1.54) is 24.3 Å². The van der Waals surface area contributed by atoms with Gasteiger partial charge in [-0.25, -0.2) is 4.39 Å². The molecule has 2 aliphatic rings. The van der Waals surface area contributed by atoms with E-state index in [4.69, 9.17) is 22.1 Å². The fourth-order valence-corrected chi connectivity index (χ4v) is 4.30. The zero-order valence-corrected chi connectivity index (χ0v) is 17.8. The maximum absolute atomic E-state index is 14.1. The molecule has 2 aromatic carbocycles. The number of carbonyl (C=O) groups excluding carboxylic acids is 1. The summed E-state index contributed by atoms with van der Waals surface area (Å²) in [5.74, 6) is -0.332. The van der Waals surface area contributed by atoms with Crippen LogP contribution in [0.4, 0.5) is 28.9 Å². The molecule has 0 unspecified atom stereocenters. The Kier molecular flexibility index (Phi) is 5.98. The van der Waals surface area contributed by atoms with Crippen molar-refractivity contribution in [3.63, 3.8) is 0 Å². The van der Waals surface area contributed by atoms with Crippen molar-refractivity contribution < 1.29 is 27.1 Å². The van der Waals surface area contributed by atoms with Gasteiger partial charge in [0, 0.05) is 35.8 Å². The van der Waals surface area contributed by atoms with Gasteiger partial charge >= 0.3 is 6.18 Å². The molecule has 2 heterocycles. The number of ether oxygens (including phenoxy) is 1. The van der Waals surface area contributed by atoms with Crippen molar-refractivity contribution in [1.29, 1.82) is 0 Å². The average molecular weight is 472 g/mol. The Bertz CT molecular complexity index is 1040. The smallest absolute Gasteiger partial charge is 0.418 e. The van der Waals surface area contributed by atoms with Crippen molar-refractivity contribution >= 4 is 28.9 Å². The number of piperidine rings is 1. The SMILES string of the molecule is NC1(COc2ccc(F)c3c2CCC(=O)N3)CCN(c2ccc(Cl)cc2C(F)(F)F)CC1. The number of carbonyl (C=O) groups is 1. The van der Waals surface area contributed by atoms with Crippen LogP contribution in [0.1, 0.15) is 30.4 Å². The molecule has 0 aliphatic carbocycles. The zero-order valence-electron chi connectivity index (χ0n) is 17.1. The lowest BCUT2D eigenvalue weighted by Crippen LogP contribution is -2.54. The van der Waals surface area contributed by atoms with Gasteiger partial charge in [-0.2, -0.15) is 13.2 Å². The summed E-state index contributed by atoms with van der Waals surface area (Å²) in [6, 6.07) is 6.49. The molecule has 0 saturated carbocycles. The molecule has 2 aromatic rings. The number of nitrogens with one attached hydrogen (secondary N) is 1. The van der Waals surface area contributed by atoms with Crippen LogP contribution in [0.2, 0.25) is 5.02 Å². The summed E-state index contributed by atoms with van der Waals surface area (Å²) in [5, 5.41) is 2.55. The van der Waals surface area contributed by atoms with Crippen LogP contribution in [-0.4, -0.2) is 31.1 Å². The summed E-state index contributed by atoms with van der Waals surface area (Å²) in [5.41, 5.74) is 5.75. The minimum atomic E-state index is -4.52. The lowest BCUT2D eigenvalue weighted by atomic mass is 9.89. The molecule has 0 aromatic heterocycles. The van der Waals surface area contributed by atoms with Crippen molar-refractivity contribution in [2.45, 2.75) is 37.4 Å². The number of amides is 1. The Morgan fingerprint density at radius 1 is 1.16 bits per heavy atom. The Hall–Kier alpha value is -2.52. The minimum absolute atomic E-state index is 0.0264. The maximum atomic E-state index is 14.1. The Balaban J connectivity index is 1.44.